The minimum Gasteiger partial charge on any atom is -0.368 e. The van der Waals surface area contributed by atoms with Gasteiger partial charge in [0.25, 0.3) is 0 Å². The van der Waals surface area contributed by atoms with Gasteiger partial charge in [0, 0.05) is 6.20 Å². The zero-order valence-electron chi connectivity index (χ0n) is 8.11. The highest BCUT2D eigenvalue weighted by molar-refractivity contribution is 9.10. The summed E-state index contributed by atoms with van der Waals surface area (Å²) >= 11 is 3.13. The van der Waals surface area contributed by atoms with E-state index in [4.69, 9.17) is 5.73 Å². The van der Waals surface area contributed by atoms with Crippen molar-refractivity contribution >= 4 is 33.4 Å². The molecule has 1 atom stereocenters. The minimum atomic E-state index is -0.482. The second-order valence-electron chi connectivity index (χ2n) is 3.00. The fraction of sp³-hybridized carbons (Fsp3) is 0.375. The molecule has 1 rings (SSSR count). The average molecular weight is 275 g/mol. The molecule has 7 heteroatoms. The number of primary amides is 1. The Morgan fingerprint density at radius 2 is 2.40 bits per heavy atom. The van der Waals surface area contributed by atoms with E-state index in [2.05, 4.69) is 26.3 Å². The number of hydrogen-bond donors (Lipinski definition) is 2. The molecular weight excluding hydrogens is 264 g/mol. The molecule has 82 valence electrons. The maximum absolute atomic E-state index is 11.3. The van der Waals surface area contributed by atoms with Crippen LogP contribution in [0.4, 0.5) is 5.69 Å². The number of rotatable bonds is 4. The minimum absolute atomic E-state index is 0.000261. The van der Waals surface area contributed by atoms with Crippen LogP contribution in [0.3, 0.4) is 0 Å². The molecule has 3 N–H and O–H groups in total. The van der Waals surface area contributed by atoms with E-state index in [1.807, 2.05) is 0 Å². The molecule has 0 bridgehead atoms. The summed E-state index contributed by atoms with van der Waals surface area (Å²) in [4.78, 5) is 21.6. The Balaban J connectivity index is 2.60. The Morgan fingerprint density at radius 1 is 1.73 bits per heavy atom. The average Bonchev–Trinajstić information content (AvgIpc) is 2.51. The first kappa shape index (κ1) is 11.7. The summed E-state index contributed by atoms with van der Waals surface area (Å²) in [6.07, 6.45) is 2.99. The van der Waals surface area contributed by atoms with Crippen LogP contribution in [0.15, 0.2) is 12.4 Å². The first-order valence-corrected chi connectivity index (χ1v) is 5.16. The van der Waals surface area contributed by atoms with Crippen LogP contribution in [-0.2, 0) is 16.1 Å². The maximum Gasteiger partial charge on any atom is 0.239 e. The van der Waals surface area contributed by atoms with Gasteiger partial charge in [-0.25, -0.2) is 0 Å². The molecule has 6 nitrogen and oxygen atoms in total. The third-order valence-electron chi connectivity index (χ3n) is 1.58. The number of aromatic nitrogens is 2. The van der Waals surface area contributed by atoms with Gasteiger partial charge in [0.05, 0.1) is 16.7 Å². The molecule has 15 heavy (non-hydrogen) atoms. The van der Waals surface area contributed by atoms with Crippen LogP contribution in [0.2, 0.25) is 0 Å². The quantitative estimate of drug-likeness (QED) is 0.763. The smallest absolute Gasteiger partial charge is 0.239 e. The van der Waals surface area contributed by atoms with Gasteiger partial charge in [0.1, 0.15) is 6.54 Å². The van der Waals surface area contributed by atoms with E-state index >= 15 is 0 Å². The lowest BCUT2D eigenvalue weighted by Gasteiger charge is -2.02. The Hall–Kier alpha value is -1.37. The summed E-state index contributed by atoms with van der Waals surface area (Å²) in [7, 11) is 0. The van der Waals surface area contributed by atoms with E-state index in [1.165, 1.54) is 17.1 Å². The van der Waals surface area contributed by atoms with E-state index < -0.39 is 5.91 Å². The van der Waals surface area contributed by atoms with Gasteiger partial charge in [-0.05, 0) is 6.92 Å². The fourth-order valence-corrected chi connectivity index (χ4v) is 1.03. The lowest BCUT2D eigenvalue weighted by atomic mass is 10.4. The van der Waals surface area contributed by atoms with Gasteiger partial charge >= 0.3 is 0 Å². The summed E-state index contributed by atoms with van der Waals surface area (Å²) in [5, 5.41) is 6.47. The standard InChI is InChI=1S/C8H11BrN4O2/c1-5(9)8(15)12-6-2-11-13(3-6)4-7(10)14/h2-3,5H,4H2,1H3,(H2,10,14)(H,12,15). The first-order valence-electron chi connectivity index (χ1n) is 4.24. The number of nitrogens with two attached hydrogens (primary N) is 1. The van der Waals surface area contributed by atoms with Crippen LogP contribution in [0.25, 0.3) is 0 Å². The third kappa shape index (κ3) is 3.70. The lowest BCUT2D eigenvalue weighted by molar-refractivity contribution is -0.118. The molecule has 0 spiro atoms. The van der Waals surface area contributed by atoms with Crippen molar-refractivity contribution in [3.05, 3.63) is 12.4 Å². The van der Waals surface area contributed by atoms with Gasteiger partial charge < -0.3 is 11.1 Å². The predicted octanol–water partition coefficient (Wildman–Crippen LogP) is 0.0903. The molecule has 1 aromatic heterocycles. The van der Waals surface area contributed by atoms with Gasteiger partial charge in [-0.3, -0.25) is 14.3 Å². The predicted molar refractivity (Wildman–Crippen MR) is 58.4 cm³/mol. The van der Waals surface area contributed by atoms with E-state index in [1.54, 1.807) is 6.92 Å². The molecule has 0 saturated heterocycles. The molecule has 0 aliphatic heterocycles. The number of carbonyl (C=O) groups is 2. The highest BCUT2D eigenvalue weighted by Gasteiger charge is 2.10. The van der Waals surface area contributed by atoms with Crippen LogP contribution < -0.4 is 11.1 Å². The van der Waals surface area contributed by atoms with Crippen molar-refractivity contribution in [3.63, 3.8) is 0 Å². The molecule has 1 unspecified atom stereocenters. The molecule has 1 heterocycles. The Bertz CT molecular complexity index is 374. The zero-order valence-corrected chi connectivity index (χ0v) is 9.69. The number of amides is 2. The van der Waals surface area contributed by atoms with E-state index in [0.29, 0.717) is 5.69 Å². The van der Waals surface area contributed by atoms with Gasteiger partial charge in [0.15, 0.2) is 0 Å². The number of carbonyl (C=O) groups excluding carboxylic acids is 2. The molecule has 0 aliphatic rings. The third-order valence-corrected chi connectivity index (χ3v) is 2.00. The second kappa shape index (κ2) is 4.92. The molecule has 0 saturated carbocycles. The second-order valence-corrected chi connectivity index (χ2v) is 4.37. The van der Waals surface area contributed by atoms with E-state index in [9.17, 15) is 9.59 Å². The topological polar surface area (TPSA) is 90.0 Å². The highest BCUT2D eigenvalue weighted by Crippen LogP contribution is 2.07. The van der Waals surface area contributed by atoms with Crippen molar-refractivity contribution in [2.45, 2.75) is 18.3 Å². The number of alkyl halides is 1. The lowest BCUT2D eigenvalue weighted by Crippen LogP contribution is -2.20. The van der Waals surface area contributed by atoms with Crippen molar-refractivity contribution in [1.29, 1.82) is 0 Å². The fourth-order valence-electron chi connectivity index (χ4n) is 0.916. The summed E-state index contributed by atoms with van der Waals surface area (Å²) in [6.45, 7) is 1.71. The summed E-state index contributed by atoms with van der Waals surface area (Å²) in [6, 6.07) is 0. The summed E-state index contributed by atoms with van der Waals surface area (Å²) in [5.74, 6) is -0.654. The number of nitrogens with one attached hydrogen (secondary N) is 1. The van der Waals surface area contributed by atoms with Gasteiger partial charge in [-0.2, -0.15) is 5.10 Å². The molecule has 1 aromatic rings. The SMILES string of the molecule is CC(Br)C(=O)Nc1cnn(CC(N)=O)c1. The highest BCUT2D eigenvalue weighted by atomic mass is 79.9. The van der Waals surface area contributed by atoms with Crippen LogP contribution in [0.5, 0.6) is 0 Å². The van der Waals surface area contributed by atoms with Crippen LogP contribution in [0, 0.1) is 0 Å². The number of anilines is 1. The molecule has 0 aliphatic carbocycles. The Kier molecular flexibility index (Phi) is 3.84. The molecule has 0 aromatic carbocycles. The Labute approximate surface area is 94.9 Å². The Morgan fingerprint density at radius 3 is 2.93 bits per heavy atom. The normalized spacial score (nSPS) is 12.1. The number of hydrogen-bond acceptors (Lipinski definition) is 3. The van der Waals surface area contributed by atoms with Crippen molar-refractivity contribution in [1.82, 2.24) is 9.78 Å². The number of halogens is 1. The van der Waals surface area contributed by atoms with E-state index in [0.717, 1.165) is 0 Å². The summed E-state index contributed by atoms with van der Waals surface area (Å²) < 4.78 is 1.36. The molecular formula is C8H11BrN4O2. The van der Waals surface area contributed by atoms with Gasteiger partial charge in [-0.1, -0.05) is 15.9 Å². The van der Waals surface area contributed by atoms with Crippen molar-refractivity contribution in [2.24, 2.45) is 5.73 Å². The zero-order chi connectivity index (χ0) is 11.4. The molecule has 0 fully saturated rings. The van der Waals surface area contributed by atoms with Crippen LogP contribution in [0.1, 0.15) is 6.92 Å². The van der Waals surface area contributed by atoms with E-state index in [-0.39, 0.29) is 17.3 Å². The van der Waals surface area contributed by atoms with Gasteiger partial charge in [0.2, 0.25) is 11.8 Å². The van der Waals surface area contributed by atoms with Crippen molar-refractivity contribution < 1.29 is 9.59 Å². The molecule has 0 radical (unpaired) electrons. The first-order chi connectivity index (χ1) is 6.99. The maximum atomic E-state index is 11.3. The number of nitrogens with zero attached hydrogens (tertiary/aromatic N) is 2. The van der Waals surface area contributed by atoms with Crippen LogP contribution in [-0.4, -0.2) is 26.4 Å². The molecule has 2 amide bonds. The summed E-state index contributed by atoms with van der Waals surface area (Å²) in [5.41, 5.74) is 5.52. The van der Waals surface area contributed by atoms with Crippen LogP contribution >= 0.6 is 15.9 Å². The van der Waals surface area contributed by atoms with Crippen molar-refractivity contribution in [2.75, 3.05) is 5.32 Å². The van der Waals surface area contributed by atoms with Gasteiger partial charge in [-0.15, -0.1) is 0 Å². The van der Waals surface area contributed by atoms with Crippen molar-refractivity contribution in [3.8, 4) is 0 Å². The monoisotopic (exact) mass is 274 g/mol. The largest absolute Gasteiger partial charge is 0.368 e.